The van der Waals surface area contributed by atoms with E-state index in [2.05, 4.69) is 4.74 Å². The largest absolute Gasteiger partial charge is 0.426 e. The molecule has 0 aliphatic carbocycles. The fourth-order valence-electron chi connectivity index (χ4n) is 1.66. The van der Waals surface area contributed by atoms with Gasteiger partial charge in [-0.3, -0.25) is 0 Å². The van der Waals surface area contributed by atoms with Gasteiger partial charge in [0, 0.05) is 0 Å². The number of hydrogen-bond donors (Lipinski definition) is 0. The fraction of sp³-hybridized carbons (Fsp3) is 0.200. The minimum absolute atomic E-state index is 0.242. The maximum atomic E-state index is 13.9. The van der Waals surface area contributed by atoms with Gasteiger partial charge in [-0.25, -0.2) is 8.78 Å². The molecule has 106 valence electrons. The Hall–Kier alpha value is -2.04. The predicted octanol–water partition coefficient (Wildman–Crippen LogP) is 4.71. The van der Waals surface area contributed by atoms with E-state index < -0.39 is 29.1 Å². The number of hydrogen-bond acceptors (Lipinski definition) is 1. The zero-order valence-electron chi connectivity index (χ0n) is 10.9. The molecule has 0 aliphatic rings. The van der Waals surface area contributed by atoms with Crippen LogP contribution in [-0.4, -0.2) is 0 Å². The first kappa shape index (κ1) is 14.4. The molecule has 0 spiro atoms. The van der Waals surface area contributed by atoms with Gasteiger partial charge in [-0.2, -0.15) is 8.78 Å². The summed E-state index contributed by atoms with van der Waals surface area (Å²) >= 11 is 0. The zero-order chi connectivity index (χ0) is 14.9. The minimum atomic E-state index is -3.81. The molecule has 1 nitrogen and oxygen atoms in total. The Kier molecular flexibility index (Phi) is 3.70. The fourth-order valence-corrected chi connectivity index (χ4v) is 1.66. The summed E-state index contributed by atoms with van der Waals surface area (Å²) in [7, 11) is 0. The van der Waals surface area contributed by atoms with E-state index in [4.69, 9.17) is 0 Å². The van der Waals surface area contributed by atoms with Gasteiger partial charge >= 0.3 is 6.11 Å². The molecule has 0 aromatic heterocycles. The summed E-state index contributed by atoms with van der Waals surface area (Å²) in [5.74, 6) is -2.24. The van der Waals surface area contributed by atoms with Crippen molar-refractivity contribution in [1.82, 2.24) is 0 Å². The summed E-state index contributed by atoms with van der Waals surface area (Å²) in [6, 6.07) is 6.59. The molecular weight excluding hydrogens is 272 g/mol. The first-order chi connectivity index (χ1) is 9.29. The Bertz CT molecular complexity index is 638. The van der Waals surface area contributed by atoms with E-state index in [1.165, 1.54) is 19.1 Å². The molecule has 2 aromatic carbocycles. The van der Waals surface area contributed by atoms with Crippen LogP contribution in [0.25, 0.3) is 0 Å². The standard InChI is InChI=1S/C15H12F4O/c1-9-3-6-14(13(17)7-9)20-15(18,19)11-5-4-10(2)12(16)8-11/h3-8H,1-2H3. The van der Waals surface area contributed by atoms with Crippen LogP contribution < -0.4 is 4.74 Å². The predicted molar refractivity (Wildman–Crippen MR) is 66.8 cm³/mol. The van der Waals surface area contributed by atoms with Crippen LogP contribution in [0.15, 0.2) is 36.4 Å². The van der Waals surface area contributed by atoms with Crippen molar-refractivity contribution in [3.05, 3.63) is 64.7 Å². The quantitative estimate of drug-likeness (QED) is 0.742. The smallest absolute Gasteiger partial charge is 0.426 e. The average molecular weight is 284 g/mol. The van der Waals surface area contributed by atoms with Crippen molar-refractivity contribution in [2.45, 2.75) is 20.0 Å². The molecule has 0 bridgehead atoms. The third-order valence-corrected chi connectivity index (χ3v) is 2.83. The second kappa shape index (κ2) is 5.15. The number of aryl methyl sites for hydroxylation is 2. The molecular formula is C15H12F4O. The zero-order valence-corrected chi connectivity index (χ0v) is 10.9. The van der Waals surface area contributed by atoms with Gasteiger partial charge in [-0.15, -0.1) is 0 Å². The first-order valence-electron chi connectivity index (χ1n) is 5.89. The second-order valence-corrected chi connectivity index (χ2v) is 4.52. The van der Waals surface area contributed by atoms with E-state index >= 15 is 0 Å². The van der Waals surface area contributed by atoms with Crippen LogP contribution in [-0.2, 0) is 6.11 Å². The van der Waals surface area contributed by atoms with Crippen LogP contribution in [0.2, 0.25) is 0 Å². The van der Waals surface area contributed by atoms with Gasteiger partial charge in [0.15, 0.2) is 11.6 Å². The second-order valence-electron chi connectivity index (χ2n) is 4.52. The van der Waals surface area contributed by atoms with Gasteiger partial charge in [0.1, 0.15) is 5.82 Å². The highest BCUT2D eigenvalue weighted by atomic mass is 19.3. The molecule has 0 saturated carbocycles. The van der Waals surface area contributed by atoms with E-state index in [0.717, 1.165) is 18.2 Å². The van der Waals surface area contributed by atoms with E-state index in [1.54, 1.807) is 6.92 Å². The lowest BCUT2D eigenvalue weighted by atomic mass is 10.1. The third-order valence-electron chi connectivity index (χ3n) is 2.83. The Balaban J connectivity index is 2.32. The van der Waals surface area contributed by atoms with Gasteiger partial charge in [0.05, 0.1) is 5.56 Å². The first-order valence-corrected chi connectivity index (χ1v) is 5.89. The number of alkyl halides is 2. The molecule has 0 unspecified atom stereocenters. The van der Waals surface area contributed by atoms with Gasteiger partial charge in [0.25, 0.3) is 0 Å². The van der Waals surface area contributed by atoms with Crippen LogP contribution in [0.1, 0.15) is 16.7 Å². The SMILES string of the molecule is Cc1ccc(OC(F)(F)c2ccc(C)c(F)c2)c(F)c1. The molecule has 0 N–H and O–H groups in total. The monoisotopic (exact) mass is 284 g/mol. The Morgan fingerprint density at radius 3 is 2.20 bits per heavy atom. The van der Waals surface area contributed by atoms with Crippen molar-refractivity contribution in [2.24, 2.45) is 0 Å². The van der Waals surface area contributed by atoms with Crippen molar-refractivity contribution in [2.75, 3.05) is 0 Å². The molecule has 0 aliphatic heterocycles. The number of ether oxygens (including phenoxy) is 1. The molecule has 5 heteroatoms. The van der Waals surface area contributed by atoms with Gasteiger partial charge in [-0.1, -0.05) is 12.1 Å². The van der Waals surface area contributed by atoms with Crippen LogP contribution >= 0.6 is 0 Å². The minimum Gasteiger partial charge on any atom is -0.426 e. The molecule has 2 rings (SSSR count). The van der Waals surface area contributed by atoms with E-state index in [1.807, 2.05) is 0 Å². The van der Waals surface area contributed by atoms with Crippen molar-refractivity contribution in [3.8, 4) is 5.75 Å². The van der Waals surface area contributed by atoms with Gasteiger partial charge in [-0.05, 0) is 49.2 Å². The highest BCUT2D eigenvalue weighted by Crippen LogP contribution is 2.33. The van der Waals surface area contributed by atoms with Crippen molar-refractivity contribution < 1.29 is 22.3 Å². The molecule has 20 heavy (non-hydrogen) atoms. The highest BCUT2D eigenvalue weighted by molar-refractivity contribution is 5.31. The van der Waals surface area contributed by atoms with Crippen molar-refractivity contribution in [1.29, 1.82) is 0 Å². The summed E-state index contributed by atoms with van der Waals surface area (Å²) in [4.78, 5) is 0. The number of benzene rings is 2. The van der Waals surface area contributed by atoms with Crippen molar-refractivity contribution >= 4 is 0 Å². The Morgan fingerprint density at radius 1 is 0.900 bits per heavy atom. The molecule has 0 amide bonds. The maximum absolute atomic E-state index is 13.9. The Labute approximate surface area is 113 Å². The summed E-state index contributed by atoms with van der Waals surface area (Å²) < 4.78 is 59.0. The summed E-state index contributed by atoms with van der Waals surface area (Å²) in [6.45, 7) is 3.08. The van der Waals surface area contributed by atoms with Crippen LogP contribution in [0, 0.1) is 25.5 Å². The third kappa shape index (κ3) is 2.92. The molecule has 0 atom stereocenters. The van der Waals surface area contributed by atoms with Gasteiger partial charge in [0.2, 0.25) is 0 Å². The molecule has 0 radical (unpaired) electrons. The van der Waals surface area contributed by atoms with Crippen LogP contribution in [0.5, 0.6) is 5.75 Å². The summed E-state index contributed by atoms with van der Waals surface area (Å²) in [5.41, 5.74) is 0.159. The van der Waals surface area contributed by atoms with Gasteiger partial charge < -0.3 is 4.74 Å². The summed E-state index contributed by atoms with van der Waals surface area (Å²) in [6.07, 6.45) is -3.81. The summed E-state index contributed by atoms with van der Waals surface area (Å²) in [5, 5.41) is 0. The number of rotatable bonds is 3. The lowest BCUT2D eigenvalue weighted by Crippen LogP contribution is -2.22. The number of halogens is 4. The van der Waals surface area contributed by atoms with E-state index in [0.29, 0.717) is 11.6 Å². The topological polar surface area (TPSA) is 9.23 Å². The average Bonchev–Trinajstić information content (AvgIpc) is 2.36. The molecule has 0 heterocycles. The normalized spacial score (nSPS) is 11.5. The highest BCUT2D eigenvalue weighted by Gasteiger charge is 2.36. The van der Waals surface area contributed by atoms with E-state index in [-0.39, 0.29) is 5.56 Å². The lowest BCUT2D eigenvalue weighted by Gasteiger charge is -2.19. The molecule has 2 aromatic rings. The van der Waals surface area contributed by atoms with E-state index in [9.17, 15) is 17.6 Å². The Morgan fingerprint density at radius 2 is 1.60 bits per heavy atom. The van der Waals surface area contributed by atoms with Crippen LogP contribution in [0.3, 0.4) is 0 Å². The van der Waals surface area contributed by atoms with Crippen molar-refractivity contribution in [3.63, 3.8) is 0 Å². The molecule has 0 saturated heterocycles. The van der Waals surface area contributed by atoms with Crippen LogP contribution in [0.4, 0.5) is 17.6 Å². The molecule has 0 fully saturated rings. The lowest BCUT2D eigenvalue weighted by molar-refractivity contribution is -0.187. The maximum Gasteiger partial charge on any atom is 0.426 e.